The number of aromatic nitrogens is 1. The number of para-hydroxylation sites is 1. The first-order valence-corrected chi connectivity index (χ1v) is 6.92. The highest BCUT2D eigenvalue weighted by molar-refractivity contribution is 5.20. The molecule has 0 spiro atoms. The van der Waals surface area contributed by atoms with Gasteiger partial charge in [-0.2, -0.15) is 0 Å². The minimum absolute atomic E-state index is 0.693. The zero-order chi connectivity index (χ0) is 13.3. The normalized spacial score (nSPS) is 10.6. The van der Waals surface area contributed by atoms with Gasteiger partial charge in [-0.1, -0.05) is 25.1 Å². The zero-order valence-corrected chi connectivity index (χ0v) is 11.5. The van der Waals surface area contributed by atoms with E-state index in [-0.39, 0.29) is 0 Å². The molecule has 0 aliphatic rings. The van der Waals surface area contributed by atoms with Crippen LogP contribution in [0.15, 0.2) is 48.7 Å². The van der Waals surface area contributed by atoms with Gasteiger partial charge in [0.2, 0.25) is 0 Å². The molecule has 0 aliphatic heterocycles. The molecule has 1 heterocycles. The fraction of sp³-hybridized carbons (Fsp3) is 0.375. The van der Waals surface area contributed by atoms with Gasteiger partial charge in [0.15, 0.2) is 0 Å². The van der Waals surface area contributed by atoms with E-state index >= 15 is 0 Å². The first-order chi connectivity index (χ1) is 9.40. The molecule has 1 aromatic carbocycles. The lowest BCUT2D eigenvalue weighted by Crippen LogP contribution is -2.22. The van der Waals surface area contributed by atoms with E-state index in [1.807, 2.05) is 30.3 Å². The lowest BCUT2D eigenvalue weighted by molar-refractivity contribution is 0.313. The molecular weight excluding hydrogens is 236 g/mol. The van der Waals surface area contributed by atoms with Crippen molar-refractivity contribution in [2.45, 2.75) is 26.4 Å². The average molecular weight is 258 g/mol. The van der Waals surface area contributed by atoms with Gasteiger partial charge in [-0.25, -0.2) is 0 Å². The van der Waals surface area contributed by atoms with E-state index in [1.54, 1.807) is 0 Å². The molecule has 1 aromatic heterocycles. The number of hydrogen-bond donors (Lipinski definition) is 1. The van der Waals surface area contributed by atoms with Gasteiger partial charge in [0.1, 0.15) is 12.4 Å². The fourth-order valence-electron chi connectivity index (χ4n) is 2.04. The maximum absolute atomic E-state index is 5.63. The predicted molar refractivity (Wildman–Crippen MR) is 78.4 cm³/mol. The SMILES string of the molecule is CCCn1cccc1CNCCOc1ccccc1. The Labute approximate surface area is 115 Å². The summed E-state index contributed by atoms with van der Waals surface area (Å²) < 4.78 is 7.93. The van der Waals surface area contributed by atoms with E-state index in [4.69, 9.17) is 4.74 Å². The summed E-state index contributed by atoms with van der Waals surface area (Å²) in [6, 6.07) is 14.2. The quantitative estimate of drug-likeness (QED) is 0.736. The van der Waals surface area contributed by atoms with E-state index in [2.05, 4.69) is 35.1 Å². The number of hydrogen-bond acceptors (Lipinski definition) is 2. The molecule has 102 valence electrons. The lowest BCUT2D eigenvalue weighted by atomic mass is 10.3. The predicted octanol–water partition coefficient (Wildman–Crippen LogP) is 3.07. The second kappa shape index (κ2) is 7.64. The third kappa shape index (κ3) is 4.45. The summed E-state index contributed by atoms with van der Waals surface area (Å²) in [5, 5.41) is 3.41. The molecule has 3 nitrogen and oxygen atoms in total. The van der Waals surface area contributed by atoms with E-state index in [9.17, 15) is 0 Å². The highest BCUT2D eigenvalue weighted by atomic mass is 16.5. The number of nitrogens with one attached hydrogen (secondary N) is 1. The molecule has 2 aromatic rings. The van der Waals surface area contributed by atoms with E-state index < -0.39 is 0 Å². The van der Waals surface area contributed by atoms with Crippen LogP contribution in [0, 0.1) is 0 Å². The summed E-state index contributed by atoms with van der Waals surface area (Å²) in [7, 11) is 0. The number of benzene rings is 1. The van der Waals surface area contributed by atoms with Crippen molar-refractivity contribution in [1.82, 2.24) is 9.88 Å². The van der Waals surface area contributed by atoms with Crippen molar-refractivity contribution in [2.24, 2.45) is 0 Å². The van der Waals surface area contributed by atoms with Crippen molar-refractivity contribution in [2.75, 3.05) is 13.2 Å². The second-order valence-corrected chi connectivity index (χ2v) is 4.53. The Morgan fingerprint density at radius 3 is 2.74 bits per heavy atom. The molecule has 0 amide bonds. The Balaban J connectivity index is 1.65. The number of aryl methyl sites for hydroxylation is 1. The van der Waals surface area contributed by atoms with Crippen LogP contribution in [0.5, 0.6) is 5.75 Å². The van der Waals surface area contributed by atoms with Crippen LogP contribution in [0.4, 0.5) is 0 Å². The Hall–Kier alpha value is -1.74. The Bertz CT molecular complexity index is 465. The molecule has 0 saturated heterocycles. The summed E-state index contributed by atoms with van der Waals surface area (Å²) in [4.78, 5) is 0. The van der Waals surface area contributed by atoms with Crippen molar-refractivity contribution >= 4 is 0 Å². The minimum Gasteiger partial charge on any atom is -0.492 e. The highest BCUT2D eigenvalue weighted by Crippen LogP contribution is 2.07. The third-order valence-electron chi connectivity index (χ3n) is 2.98. The number of ether oxygens (including phenoxy) is 1. The van der Waals surface area contributed by atoms with E-state index in [0.29, 0.717) is 6.61 Å². The number of nitrogens with zero attached hydrogens (tertiary/aromatic N) is 1. The van der Waals surface area contributed by atoms with Gasteiger partial charge in [-0.15, -0.1) is 0 Å². The minimum atomic E-state index is 0.693. The Kier molecular flexibility index (Phi) is 5.50. The van der Waals surface area contributed by atoms with Crippen LogP contribution in [0.2, 0.25) is 0 Å². The average Bonchev–Trinajstić information content (AvgIpc) is 2.88. The molecular formula is C16H22N2O. The largest absolute Gasteiger partial charge is 0.492 e. The van der Waals surface area contributed by atoms with Crippen LogP contribution in [0.25, 0.3) is 0 Å². The van der Waals surface area contributed by atoms with Crippen molar-refractivity contribution < 1.29 is 4.74 Å². The Morgan fingerprint density at radius 1 is 1.11 bits per heavy atom. The van der Waals surface area contributed by atoms with Gasteiger partial charge in [0.05, 0.1) is 0 Å². The topological polar surface area (TPSA) is 26.2 Å². The van der Waals surface area contributed by atoms with Crippen molar-refractivity contribution in [3.05, 3.63) is 54.4 Å². The third-order valence-corrected chi connectivity index (χ3v) is 2.98. The lowest BCUT2D eigenvalue weighted by Gasteiger charge is -2.10. The molecule has 0 radical (unpaired) electrons. The van der Waals surface area contributed by atoms with Gasteiger partial charge in [-0.05, 0) is 30.7 Å². The Morgan fingerprint density at radius 2 is 1.95 bits per heavy atom. The molecule has 2 rings (SSSR count). The van der Waals surface area contributed by atoms with E-state index in [1.165, 1.54) is 12.1 Å². The molecule has 0 saturated carbocycles. The van der Waals surface area contributed by atoms with Crippen LogP contribution in [0.1, 0.15) is 19.0 Å². The maximum Gasteiger partial charge on any atom is 0.119 e. The molecule has 0 fully saturated rings. The van der Waals surface area contributed by atoms with Gasteiger partial charge in [0.25, 0.3) is 0 Å². The summed E-state index contributed by atoms with van der Waals surface area (Å²) in [6.07, 6.45) is 3.31. The first kappa shape index (κ1) is 13.7. The van der Waals surface area contributed by atoms with Gasteiger partial charge in [-0.3, -0.25) is 0 Å². The van der Waals surface area contributed by atoms with Crippen LogP contribution < -0.4 is 10.1 Å². The van der Waals surface area contributed by atoms with Crippen LogP contribution in [-0.4, -0.2) is 17.7 Å². The fourth-order valence-corrected chi connectivity index (χ4v) is 2.04. The van der Waals surface area contributed by atoms with Crippen LogP contribution >= 0.6 is 0 Å². The van der Waals surface area contributed by atoms with Crippen LogP contribution in [-0.2, 0) is 13.1 Å². The molecule has 19 heavy (non-hydrogen) atoms. The summed E-state index contributed by atoms with van der Waals surface area (Å²) in [5.74, 6) is 0.929. The summed E-state index contributed by atoms with van der Waals surface area (Å²) >= 11 is 0. The van der Waals surface area contributed by atoms with E-state index in [0.717, 1.165) is 25.4 Å². The van der Waals surface area contributed by atoms with Gasteiger partial charge >= 0.3 is 0 Å². The van der Waals surface area contributed by atoms with Gasteiger partial charge in [0, 0.05) is 31.5 Å². The number of rotatable bonds is 8. The summed E-state index contributed by atoms with van der Waals surface area (Å²) in [5.41, 5.74) is 1.33. The van der Waals surface area contributed by atoms with Crippen molar-refractivity contribution in [3.63, 3.8) is 0 Å². The van der Waals surface area contributed by atoms with Gasteiger partial charge < -0.3 is 14.6 Å². The first-order valence-electron chi connectivity index (χ1n) is 6.92. The standard InChI is InChI=1S/C16H22N2O/c1-2-11-18-12-6-7-15(18)14-17-10-13-19-16-8-4-3-5-9-16/h3-9,12,17H,2,10-11,13-14H2,1H3. The van der Waals surface area contributed by atoms with Crippen molar-refractivity contribution in [3.8, 4) is 5.75 Å². The molecule has 3 heteroatoms. The molecule has 1 N–H and O–H groups in total. The van der Waals surface area contributed by atoms with Crippen molar-refractivity contribution in [1.29, 1.82) is 0 Å². The summed E-state index contributed by atoms with van der Waals surface area (Å²) in [6.45, 7) is 5.73. The molecule has 0 aliphatic carbocycles. The highest BCUT2D eigenvalue weighted by Gasteiger charge is 1.99. The monoisotopic (exact) mass is 258 g/mol. The smallest absolute Gasteiger partial charge is 0.119 e. The molecule has 0 bridgehead atoms. The zero-order valence-electron chi connectivity index (χ0n) is 11.5. The van der Waals surface area contributed by atoms with Crippen LogP contribution in [0.3, 0.4) is 0 Å². The molecule has 0 unspecified atom stereocenters. The second-order valence-electron chi connectivity index (χ2n) is 4.53. The maximum atomic E-state index is 5.63. The molecule has 0 atom stereocenters.